The van der Waals surface area contributed by atoms with Gasteiger partial charge in [0, 0.05) is 6.20 Å². The summed E-state index contributed by atoms with van der Waals surface area (Å²) in [5.41, 5.74) is 0.146. The molecule has 7 nitrogen and oxygen atoms in total. The molecule has 1 aromatic heterocycles. The van der Waals surface area contributed by atoms with Crippen molar-refractivity contribution in [2.45, 2.75) is 45.1 Å². The molecule has 2 fully saturated rings. The van der Waals surface area contributed by atoms with Crippen molar-refractivity contribution in [3.63, 3.8) is 0 Å². The van der Waals surface area contributed by atoms with E-state index < -0.39 is 17.5 Å². The van der Waals surface area contributed by atoms with Crippen molar-refractivity contribution < 1.29 is 14.4 Å². The maximum atomic E-state index is 12.8. The average molecular weight is 330 g/mol. The first-order valence-corrected chi connectivity index (χ1v) is 8.29. The number of anilines is 1. The molecule has 1 saturated carbocycles. The third-order valence-electron chi connectivity index (χ3n) is 4.98. The third kappa shape index (κ3) is 2.86. The van der Waals surface area contributed by atoms with Crippen LogP contribution in [0.3, 0.4) is 0 Å². The number of pyridine rings is 1. The summed E-state index contributed by atoms with van der Waals surface area (Å²) in [4.78, 5) is 42.3. The highest BCUT2D eigenvalue weighted by molar-refractivity contribution is 6.10. The topological polar surface area (TPSA) is 91.4 Å². The van der Waals surface area contributed by atoms with Gasteiger partial charge in [0.2, 0.25) is 5.91 Å². The molecule has 0 aromatic carbocycles. The summed E-state index contributed by atoms with van der Waals surface area (Å²) in [7, 11) is 0. The molecular formula is C17H22N4O3. The van der Waals surface area contributed by atoms with Crippen LogP contribution in [0.2, 0.25) is 0 Å². The van der Waals surface area contributed by atoms with Crippen molar-refractivity contribution in [2.75, 3.05) is 11.9 Å². The van der Waals surface area contributed by atoms with Crippen molar-refractivity contribution in [1.82, 2.24) is 15.2 Å². The minimum absolute atomic E-state index is 0.0783. The monoisotopic (exact) mass is 330 g/mol. The number of amides is 4. The molecule has 1 spiro atoms. The summed E-state index contributed by atoms with van der Waals surface area (Å²) in [6.07, 6.45) is 5.15. The van der Waals surface area contributed by atoms with E-state index in [1.807, 2.05) is 19.9 Å². The number of aryl methyl sites for hydroxylation is 1. The van der Waals surface area contributed by atoms with Gasteiger partial charge >= 0.3 is 6.03 Å². The van der Waals surface area contributed by atoms with Crippen LogP contribution < -0.4 is 10.6 Å². The van der Waals surface area contributed by atoms with Crippen molar-refractivity contribution in [2.24, 2.45) is 5.92 Å². The number of nitrogens with zero attached hydrogens (tertiary/aromatic N) is 2. The van der Waals surface area contributed by atoms with Gasteiger partial charge in [-0.1, -0.05) is 25.8 Å². The normalized spacial score (nSPS) is 26.6. The number of imide groups is 1. The SMILES string of the molecule is Cc1ccc(NC(=O)CN2C(=O)N[C@]3(CCCC[C@@H]3C)C2=O)nc1. The lowest BCUT2D eigenvalue weighted by atomic mass is 9.73. The van der Waals surface area contributed by atoms with E-state index in [1.54, 1.807) is 12.3 Å². The van der Waals surface area contributed by atoms with Crippen LogP contribution in [0.25, 0.3) is 0 Å². The van der Waals surface area contributed by atoms with Gasteiger partial charge in [-0.2, -0.15) is 0 Å². The Kier molecular flexibility index (Phi) is 4.26. The Bertz CT molecular complexity index is 673. The second kappa shape index (κ2) is 6.22. The predicted octanol–water partition coefficient (Wildman–Crippen LogP) is 1.83. The smallest absolute Gasteiger partial charge is 0.323 e. The Morgan fingerprint density at radius 3 is 2.88 bits per heavy atom. The van der Waals surface area contributed by atoms with Gasteiger partial charge < -0.3 is 10.6 Å². The van der Waals surface area contributed by atoms with E-state index in [0.717, 1.165) is 29.7 Å². The quantitative estimate of drug-likeness (QED) is 0.827. The molecule has 2 atom stereocenters. The van der Waals surface area contributed by atoms with E-state index in [2.05, 4.69) is 15.6 Å². The number of nitrogens with one attached hydrogen (secondary N) is 2. The van der Waals surface area contributed by atoms with Crippen LogP contribution in [0.4, 0.5) is 10.6 Å². The maximum Gasteiger partial charge on any atom is 0.325 e. The van der Waals surface area contributed by atoms with Crippen molar-refractivity contribution in [3.05, 3.63) is 23.9 Å². The highest BCUT2D eigenvalue weighted by Gasteiger charge is 2.55. The number of carbonyl (C=O) groups is 3. The van der Waals surface area contributed by atoms with Crippen LogP contribution in [-0.2, 0) is 9.59 Å². The lowest BCUT2D eigenvalue weighted by Crippen LogP contribution is -2.54. The highest BCUT2D eigenvalue weighted by atomic mass is 16.2. The molecule has 1 aliphatic carbocycles. The molecule has 7 heteroatoms. The third-order valence-corrected chi connectivity index (χ3v) is 4.98. The fraction of sp³-hybridized carbons (Fsp3) is 0.529. The molecule has 1 aliphatic heterocycles. The van der Waals surface area contributed by atoms with Crippen LogP contribution in [0.1, 0.15) is 38.2 Å². The zero-order chi connectivity index (χ0) is 17.3. The molecule has 24 heavy (non-hydrogen) atoms. The van der Waals surface area contributed by atoms with Gasteiger partial charge in [-0.3, -0.25) is 14.5 Å². The van der Waals surface area contributed by atoms with Crippen molar-refractivity contribution in [1.29, 1.82) is 0 Å². The molecule has 0 unspecified atom stereocenters. The number of urea groups is 1. The molecule has 0 radical (unpaired) electrons. The van der Waals surface area contributed by atoms with E-state index in [1.165, 1.54) is 0 Å². The molecule has 0 bridgehead atoms. The molecule has 1 saturated heterocycles. The fourth-order valence-corrected chi connectivity index (χ4v) is 3.51. The fourth-order valence-electron chi connectivity index (χ4n) is 3.51. The minimum Gasteiger partial charge on any atom is -0.323 e. The summed E-state index contributed by atoms with van der Waals surface area (Å²) in [6.45, 7) is 3.59. The molecule has 128 valence electrons. The average Bonchev–Trinajstić information content (AvgIpc) is 2.78. The van der Waals surface area contributed by atoms with Gasteiger partial charge in [0.05, 0.1) is 0 Å². The van der Waals surface area contributed by atoms with E-state index in [0.29, 0.717) is 12.2 Å². The molecule has 2 aliphatic rings. The Labute approximate surface area is 140 Å². The Hall–Kier alpha value is -2.44. The molecule has 1 aromatic rings. The first-order valence-electron chi connectivity index (χ1n) is 8.29. The van der Waals surface area contributed by atoms with Gasteiger partial charge in [0.15, 0.2) is 0 Å². The van der Waals surface area contributed by atoms with E-state index in [9.17, 15) is 14.4 Å². The zero-order valence-corrected chi connectivity index (χ0v) is 14.0. The lowest BCUT2D eigenvalue weighted by Gasteiger charge is -2.36. The Morgan fingerprint density at radius 1 is 1.42 bits per heavy atom. The predicted molar refractivity (Wildman–Crippen MR) is 88.2 cm³/mol. The van der Waals surface area contributed by atoms with Gasteiger partial charge in [0.25, 0.3) is 5.91 Å². The molecule has 3 rings (SSSR count). The number of rotatable bonds is 3. The molecule has 2 heterocycles. The second-order valence-electron chi connectivity index (χ2n) is 6.71. The summed E-state index contributed by atoms with van der Waals surface area (Å²) in [5, 5.41) is 5.45. The first-order chi connectivity index (χ1) is 11.4. The zero-order valence-electron chi connectivity index (χ0n) is 14.0. The second-order valence-corrected chi connectivity index (χ2v) is 6.71. The van der Waals surface area contributed by atoms with Crippen LogP contribution in [0.15, 0.2) is 18.3 Å². The van der Waals surface area contributed by atoms with Gasteiger partial charge in [-0.15, -0.1) is 0 Å². The first kappa shape index (κ1) is 16.4. The Morgan fingerprint density at radius 2 is 2.21 bits per heavy atom. The largest absolute Gasteiger partial charge is 0.325 e. The molecule has 4 amide bonds. The standard InChI is InChI=1S/C17H22N4O3/c1-11-6-7-13(18-9-11)19-14(22)10-21-15(23)17(20-16(21)24)8-4-3-5-12(17)2/h6-7,9,12H,3-5,8,10H2,1-2H3,(H,20,24)(H,18,19,22)/t12-,17-/m0/s1. The number of carbonyl (C=O) groups excluding carboxylic acids is 3. The summed E-state index contributed by atoms with van der Waals surface area (Å²) >= 11 is 0. The van der Waals surface area contributed by atoms with Crippen LogP contribution in [0.5, 0.6) is 0 Å². The summed E-state index contributed by atoms with van der Waals surface area (Å²) < 4.78 is 0. The lowest BCUT2D eigenvalue weighted by molar-refractivity contribution is -0.136. The number of hydrogen-bond donors (Lipinski definition) is 2. The summed E-state index contributed by atoms with van der Waals surface area (Å²) in [5.74, 6) is -0.241. The highest BCUT2D eigenvalue weighted by Crippen LogP contribution is 2.38. The van der Waals surface area contributed by atoms with E-state index >= 15 is 0 Å². The van der Waals surface area contributed by atoms with Gasteiger partial charge in [0.1, 0.15) is 17.9 Å². The maximum absolute atomic E-state index is 12.8. The summed E-state index contributed by atoms with van der Waals surface area (Å²) in [6, 6.07) is 3.03. The van der Waals surface area contributed by atoms with E-state index in [4.69, 9.17) is 0 Å². The van der Waals surface area contributed by atoms with Gasteiger partial charge in [-0.05, 0) is 37.3 Å². The Balaban J connectivity index is 1.68. The number of hydrogen-bond acceptors (Lipinski definition) is 4. The van der Waals surface area contributed by atoms with Gasteiger partial charge in [-0.25, -0.2) is 9.78 Å². The van der Waals surface area contributed by atoms with Crippen LogP contribution in [0, 0.1) is 12.8 Å². The van der Waals surface area contributed by atoms with E-state index in [-0.39, 0.29) is 18.4 Å². The van der Waals surface area contributed by atoms with Crippen molar-refractivity contribution in [3.8, 4) is 0 Å². The van der Waals surface area contributed by atoms with Crippen LogP contribution >= 0.6 is 0 Å². The minimum atomic E-state index is -0.836. The molecule has 2 N–H and O–H groups in total. The van der Waals surface area contributed by atoms with Crippen molar-refractivity contribution >= 4 is 23.7 Å². The molecular weight excluding hydrogens is 308 g/mol. The number of aromatic nitrogens is 1. The van der Waals surface area contributed by atoms with Crippen LogP contribution in [-0.4, -0.2) is 39.8 Å².